The van der Waals surface area contributed by atoms with E-state index in [0.717, 1.165) is 28.7 Å². The first-order valence-corrected chi connectivity index (χ1v) is 8.23. The van der Waals surface area contributed by atoms with Gasteiger partial charge in [0, 0.05) is 34.8 Å². The van der Waals surface area contributed by atoms with Crippen molar-refractivity contribution < 1.29 is 14.0 Å². The fraction of sp³-hybridized carbons (Fsp3) is 0.100. The molecule has 3 amide bonds. The summed E-state index contributed by atoms with van der Waals surface area (Å²) in [4.78, 5) is 23.1. The molecule has 0 atom stereocenters. The first-order valence-electron chi connectivity index (χ1n) is 8.23. The average molecular weight is 349 g/mol. The summed E-state index contributed by atoms with van der Waals surface area (Å²) in [7, 11) is 0. The molecule has 0 saturated carbocycles. The molecule has 0 aliphatic carbocycles. The highest BCUT2D eigenvalue weighted by Crippen LogP contribution is 2.27. The minimum absolute atomic E-state index is 0.284. The third-order valence-corrected chi connectivity index (χ3v) is 3.83. The van der Waals surface area contributed by atoms with Crippen molar-refractivity contribution in [3.63, 3.8) is 0 Å². The summed E-state index contributed by atoms with van der Waals surface area (Å²) in [6, 6.07) is 13.8. The second-order valence-electron chi connectivity index (χ2n) is 5.68. The van der Waals surface area contributed by atoms with Gasteiger partial charge in [-0.15, -0.1) is 0 Å². The number of aryl methyl sites for hydroxylation is 1. The van der Waals surface area contributed by atoms with Crippen LogP contribution >= 0.6 is 0 Å². The monoisotopic (exact) mass is 349 g/mol. The van der Waals surface area contributed by atoms with Gasteiger partial charge in [-0.3, -0.25) is 4.79 Å². The standard InChI is InChI=1S/C20H19N3O3/c1-2-17-16(15-8-3-4-9-18(15)26-17)10-11-19(24)22-13-6-5-7-14(12-13)23-20(21)25/h3-12H,2H2,1H3,(H,22,24)(H3,21,23,25)/b11-10+. The van der Waals surface area contributed by atoms with Crippen LogP contribution in [-0.4, -0.2) is 11.9 Å². The Morgan fingerprint density at radius 2 is 1.81 bits per heavy atom. The van der Waals surface area contributed by atoms with Crippen molar-refractivity contribution in [2.75, 3.05) is 10.6 Å². The molecule has 0 aliphatic rings. The molecule has 2 aromatic carbocycles. The number of para-hydroxylation sites is 1. The predicted octanol–water partition coefficient (Wildman–Crippen LogP) is 4.14. The van der Waals surface area contributed by atoms with Crippen LogP contribution in [0.5, 0.6) is 0 Å². The lowest BCUT2D eigenvalue weighted by Crippen LogP contribution is -2.19. The zero-order valence-corrected chi connectivity index (χ0v) is 14.3. The third-order valence-electron chi connectivity index (χ3n) is 3.83. The Kier molecular flexibility index (Phi) is 5.03. The molecule has 1 aromatic heterocycles. The van der Waals surface area contributed by atoms with Crippen molar-refractivity contribution in [3.05, 3.63) is 65.9 Å². The Morgan fingerprint density at radius 3 is 2.54 bits per heavy atom. The second-order valence-corrected chi connectivity index (χ2v) is 5.68. The Hall–Kier alpha value is -3.54. The Labute approximate surface area is 150 Å². The zero-order chi connectivity index (χ0) is 18.5. The second kappa shape index (κ2) is 7.57. The molecule has 0 unspecified atom stereocenters. The van der Waals surface area contributed by atoms with Crippen molar-refractivity contribution in [3.8, 4) is 0 Å². The van der Waals surface area contributed by atoms with E-state index < -0.39 is 6.03 Å². The lowest BCUT2D eigenvalue weighted by molar-refractivity contribution is -0.111. The van der Waals surface area contributed by atoms with Crippen LogP contribution in [-0.2, 0) is 11.2 Å². The number of primary amides is 1. The Balaban J connectivity index is 1.77. The molecule has 0 fully saturated rings. The van der Waals surface area contributed by atoms with Crippen LogP contribution in [0.1, 0.15) is 18.2 Å². The van der Waals surface area contributed by atoms with Gasteiger partial charge in [0.1, 0.15) is 11.3 Å². The van der Waals surface area contributed by atoms with Gasteiger partial charge in [-0.1, -0.05) is 31.2 Å². The molecule has 26 heavy (non-hydrogen) atoms. The maximum absolute atomic E-state index is 12.2. The Bertz CT molecular complexity index is 989. The van der Waals surface area contributed by atoms with Gasteiger partial charge in [-0.05, 0) is 30.3 Å². The number of carbonyl (C=O) groups is 2. The number of hydrogen-bond acceptors (Lipinski definition) is 3. The highest BCUT2D eigenvalue weighted by atomic mass is 16.3. The van der Waals surface area contributed by atoms with Crippen LogP contribution < -0.4 is 16.4 Å². The third kappa shape index (κ3) is 3.92. The minimum Gasteiger partial charge on any atom is -0.460 e. The van der Waals surface area contributed by atoms with Crippen molar-refractivity contribution in [1.29, 1.82) is 0 Å². The van der Waals surface area contributed by atoms with E-state index in [1.807, 2.05) is 31.2 Å². The van der Waals surface area contributed by atoms with Crippen LogP contribution in [0.25, 0.3) is 17.0 Å². The molecular formula is C20H19N3O3. The van der Waals surface area contributed by atoms with Crippen molar-refractivity contribution in [2.24, 2.45) is 5.73 Å². The van der Waals surface area contributed by atoms with E-state index in [2.05, 4.69) is 10.6 Å². The molecule has 0 bridgehead atoms. The first kappa shape index (κ1) is 17.3. The maximum atomic E-state index is 12.2. The number of benzene rings is 2. The number of furan rings is 1. The molecule has 6 heteroatoms. The molecule has 0 saturated heterocycles. The van der Waals surface area contributed by atoms with E-state index in [1.165, 1.54) is 6.08 Å². The van der Waals surface area contributed by atoms with Gasteiger partial charge < -0.3 is 20.8 Å². The minimum atomic E-state index is -0.660. The number of urea groups is 1. The number of nitrogens with two attached hydrogens (primary N) is 1. The fourth-order valence-corrected chi connectivity index (χ4v) is 2.72. The number of anilines is 2. The predicted molar refractivity (Wildman–Crippen MR) is 103 cm³/mol. The quantitative estimate of drug-likeness (QED) is 0.604. The summed E-state index contributed by atoms with van der Waals surface area (Å²) >= 11 is 0. The first-order chi connectivity index (χ1) is 12.6. The van der Waals surface area contributed by atoms with E-state index in [4.69, 9.17) is 10.2 Å². The van der Waals surface area contributed by atoms with Crippen LogP contribution in [0.15, 0.2) is 59.0 Å². The largest absolute Gasteiger partial charge is 0.460 e. The van der Waals surface area contributed by atoms with Gasteiger partial charge in [0.15, 0.2) is 0 Å². The lowest BCUT2D eigenvalue weighted by atomic mass is 10.1. The van der Waals surface area contributed by atoms with Crippen LogP contribution in [0.3, 0.4) is 0 Å². The number of rotatable bonds is 5. The van der Waals surface area contributed by atoms with Gasteiger partial charge >= 0.3 is 6.03 Å². The smallest absolute Gasteiger partial charge is 0.316 e. The molecule has 6 nitrogen and oxygen atoms in total. The Morgan fingerprint density at radius 1 is 1.08 bits per heavy atom. The molecule has 0 spiro atoms. The molecular weight excluding hydrogens is 330 g/mol. The summed E-state index contributed by atoms with van der Waals surface area (Å²) < 4.78 is 5.82. The molecule has 0 aliphatic heterocycles. The summed E-state index contributed by atoms with van der Waals surface area (Å²) in [5, 5.41) is 6.19. The molecule has 0 radical (unpaired) electrons. The van der Waals surface area contributed by atoms with E-state index in [9.17, 15) is 9.59 Å². The van der Waals surface area contributed by atoms with Crippen LogP contribution in [0.2, 0.25) is 0 Å². The summed E-state index contributed by atoms with van der Waals surface area (Å²) in [6.45, 7) is 2.01. The van der Waals surface area contributed by atoms with Gasteiger partial charge in [0.25, 0.3) is 0 Å². The van der Waals surface area contributed by atoms with Crippen LogP contribution in [0, 0.1) is 0 Å². The van der Waals surface area contributed by atoms with Gasteiger partial charge in [0.05, 0.1) is 0 Å². The SMILES string of the molecule is CCc1oc2ccccc2c1/C=C/C(=O)Nc1cccc(NC(N)=O)c1. The molecule has 132 valence electrons. The van der Waals surface area contributed by atoms with Crippen molar-refractivity contribution >= 4 is 40.4 Å². The molecule has 4 N–H and O–H groups in total. The molecule has 3 rings (SSSR count). The molecule has 1 heterocycles. The van der Waals surface area contributed by atoms with Crippen LogP contribution in [0.4, 0.5) is 16.2 Å². The number of fused-ring (bicyclic) bond motifs is 1. The zero-order valence-electron chi connectivity index (χ0n) is 14.3. The van der Waals surface area contributed by atoms with E-state index >= 15 is 0 Å². The number of hydrogen-bond donors (Lipinski definition) is 3. The lowest BCUT2D eigenvalue weighted by Gasteiger charge is -2.05. The van der Waals surface area contributed by atoms with Gasteiger partial charge in [-0.25, -0.2) is 4.79 Å². The normalized spacial score (nSPS) is 11.0. The van der Waals surface area contributed by atoms with Gasteiger partial charge in [-0.2, -0.15) is 0 Å². The maximum Gasteiger partial charge on any atom is 0.316 e. The van der Waals surface area contributed by atoms with E-state index in [0.29, 0.717) is 11.4 Å². The summed E-state index contributed by atoms with van der Waals surface area (Å²) in [5.74, 6) is 0.552. The number of nitrogens with one attached hydrogen (secondary N) is 2. The number of amides is 3. The fourth-order valence-electron chi connectivity index (χ4n) is 2.72. The topological polar surface area (TPSA) is 97.4 Å². The van der Waals surface area contributed by atoms with E-state index in [-0.39, 0.29) is 5.91 Å². The highest BCUT2D eigenvalue weighted by molar-refractivity contribution is 6.04. The molecule has 3 aromatic rings. The summed E-state index contributed by atoms with van der Waals surface area (Å²) in [5.41, 5.74) is 7.86. The van der Waals surface area contributed by atoms with Crippen molar-refractivity contribution in [2.45, 2.75) is 13.3 Å². The average Bonchev–Trinajstić information content (AvgIpc) is 2.97. The van der Waals surface area contributed by atoms with Crippen molar-refractivity contribution in [1.82, 2.24) is 0 Å². The number of carbonyl (C=O) groups excluding carboxylic acids is 2. The highest BCUT2D eigenvalue weighted by Gasteiger charge is 2.10. The van der Waals surface area contributed by atoms with E-state index in [1.54, 1.807) is 30.3 Å². The summed E-state index contributed by atoms with van der Waals surface area (Å²) in [6.07, 6.45) is 3.95. The van der Waals surface area contributed by atoms with Gasteiger partial charge in [0.2, 0.25) is 5.91 Å².